The fourth-order valence-corrected chi connectivity index (χ4v) is 1.97. The van der Waals surface area contributed by atoms with E-state index in [0.717, 1.165) is 0 Å². The third kappa shape index (κ3) is 2.60. The monoisotopic (exact) mass is 341 g/mol. The minimum absolute atomic E-state index is 0.0850. The Kier molecular flexibility index (Phi) is 4.24. The van der Waals surface area contributed by atoms with Crippen LogP contribution in [0.15, 0.2) is 0 Å². The summed E-state index contributed by atoms with van der Waals surface area (Å²) in [4.78, 5) is 12.2. The SMILES string of the molecule is O=C(N1CCCCC1)C(Br)(C(F)(F)F)C(F)(F)F. The molecule has 0 radical (unpaired) electrons. The maximum Gasteiger partial charge on any atom is 0.421 e. The zero-order chi connectivity index (χ0) is 14.2. The summed E-state index contributed by atoms with van der Waals surface area (Å²) >= 11 is 1.59. The van der Waals surface area contributed by atoms with Crippen LogP contribution < -0.4 is 0 Å². The van der Waals surface area contributed by atoms with Crippen molar-refractivity contribution in [2.45, 2.75) is 35.9 Å². The molecule has 1 fully saturated rings. The van der Waals surface area contributed by atoms with Crippen molar-refractivity contribution < 1.29 is 31.1 Å². The Morgan fingerprint density at radius 2 is 1.28 bits per heavy atom. The van der Waals surface area contributed by atoms with E-state index < -0.39 is 22.6 Å². The van der Waals surface area contributed by atoms with E-state index >= 15 is 0 Å². The number of halogens is 7. The summed E-state index contributed by atoms with van der Waals surface area (Å²) in [5.41, 5.74) is 0. The fraction of sp³-hybridized carbons (Fsp3) is 0.889. The molecule has 106 valence electrons. The lowest BCUT2D eigenvalue weighted by Crippen LogP contribution is -2.62. The summed E-state index contributed by atoms with van der Waals surface area (Å²) < 4.78 is 71.0. The van der Waals surface area contributed by atoms with Crippen LogP contribution in [0.5, 0.6) is 0 Å². The van der Waals surface area contributed by atoms with Gasteiger partial charge in [0.1, 0.15) is 0 Å². The summed E-state index contributed by atoms with van der Waals surface area (Å²) in [6.45, 7) is -0.170. The van der Waals surface area contributed by atoms with Crippen LogP contribution in [0, 0.1) is 0 Å². The first-order chi connectivity index (χ1) is 8.02. The minimum atomic E-state index is -5.74. The number of hydrogen-bond donors (Lipinski definition) is 0. The van der Waals surface area contributed by atoms with Crippen molar-refractivity contribution in [2.24, 2.45) is 0 Å². The smallest absolute Gasteiger partial charge is 0.341 e. The Morgan fingerprint density at radius 3 is 1.61 bits per heavy atom. The second kappa shape index (κ2) is 4.90. The van der Waals surface area contributed by atoms with Gasteiger partial charge >= 0.3 is 12.4 Å². The second-order valence-corrected chi connectivity index (χ2v) is 5.20. The predicted octanol–water partition coefficient (Wildman–Crippen LogP) is 3.26. The van der Waals surface area contributed by atoms with E-state index in [4.69, 9.17) is 0 Å². The molecule has 2 nitrogen and oxygen atoms in total. The number of rotatable bonds is 1. The van der Waals surface area contributed by atoms with Crippen molar-refractivity contribution in [3.63, 3.8) is 0 Å². The molecule has 0 aromatic rings. The molecule has 1 heterocycles. The molecular formula is C9H10BrF6NO. The van der Waals surface area contributed by atoms with Crippen molar-refractivity contribution in [3.05, 3.63) is 0 Å². The maximum atomic E-state index is 12.6. The van der Waals surface area contributed by atoms with Gasteiger partial charge in [0.25, 0.3) is 10.2 Å². The summed E-state index contributed by atoms with van der Waals surface area (Å²) in [6, 6.07) is 0. The lowest BCUT2D eigenvalue weighted by atomic mass is 10.0. The molecule has 1 amide bonds. The Bertz CT molecular complexity index is 306. The van der Waals surface area contributed by atoms with Gasteiger partial charge in [-0.15, -0.1) is 0 Å². The lowest BCUT2D eigenvalue weighted by Gasteiger charge is -2.37. The first kappa shape index (κ1) is 15.6. The number of amides is 1. The third-order valence-corrected chi connectivity index (χ3v) is 3.96. The minimum Gasteiger partial charge on any atom is -0.341 e. The molecule has 1 aliphatic rings. The van der Waals surface area contributed by atoms with Crippen LogP contribution in [-0.4, -0.2) is 40.6 Å². The fourth-order valence-electron chi connectivity index (χ4n) is 1.72. The highest BCUT2D eigenvalue weighted by Crippen LogP contribution is 2.50. The number of likely N-dealkylation sites (tertiary alicyclic amines) is 1. The van der Waals surface area contributed by atoms with Gasteiger partial charge < -0.3 is 4.90 Å². The Hall–Kier alpha value is -0.470. The van der Waals surface area contributed by atoms with Crippen molar-refractivity contribution >= 4 is 21.8 Å². The van der Waals surface area contributed by atoms with E-state index in [9.17, 15) is 31.1 Å². The van der Waals surface area contributed by atoms with Gasteiger partial charge in [-0.25, -0.2) is 0 Å². The van der Waals surface area contributed by atoms with Crippen LogP contribution in [0.1, 0.15) is 19.3 Å². The van der Waals surface area contributed by atoms with Gasteiger partial charge in [0, 0.05) is 13.1 Å². The third-order valence-electron chi connectivity index (χ3n) is 2.72. The number of carbonyl (C=O) groups excluding carboxylic acids is 1. The first-order valence-electron chi connectivity index (χ1n) is 5.13. The largest absolute Gasteiger partial charge is 0.421 e. The molecule has 9 heteroatoms. The number of nitrogens with zero attached hydrogens (tertiary/aromatic N) is 1. The van der Waals surface area contributed by atoms with Crippen molar-refractivity contribution in [1.29, 1.82) is 0 Å². The standard InChI is InChI=1S/C9H10BrF6NO/c10-7(8(11,12)13,9(14,15)16)6(18)17-4-2-1-3-5-17/h1-5H2. The van der Waals surface area contributed by atoms with Crippen molar-refractivity contribution in [2.75, 3.05) is 13.1 Å². The number of carbonyl (C=O) groups is 1. The first-order valence-corrected chi connectivity index (χ1v) is 5.93. The summed E-state index contributed by atoms with van der Waals surface area (Å²) in [6.07, 6.45) is -9.97. The highest BCUT2D eigenvalue weighted by atomic mass is 79.9. The zero-order valence-electron chi connectivity index (χ0n) is 9.04. The molecule has 0 atom stereocenters. The van der Waals surface area contributed by atoms with Crippen LogP contribution in [0.2, 0.25) is 0 Å². The Morgan fingerprint density at radius 1 is 0.889 bits per heavy atom. The van der Waals surface area contributed by atoms with Gasteiger partial charge in [0.05, 0.1) is 0 Å². The van der Waals surface area contributed by atoms with E-state index in [1.807, 2.05) is 0 Å². The van der Waals surface area contributed by atoms with Crippen molar-refractivity contribution in [1.82, 2.24) is 4.90 Å². The van der Waals surface area contributed by atoms with Crippen LogP contribution in [-0.2, 0) is 4.79 Å². The molecule has 1 rings (SSSR count). The topological polar surface area (TPSA) is 20.3 Å². The number of piperidine rings is 1. The molecule has 1 aliphatic heterocycles. The molecule has 0 spiro atoms. The highest BCUT2D eigenvalue weighted by molar-refractivity contribution is 9.10. The molecule has 1 saturated heterocycles. The average Bonchev–Trinajstić information content (AvgIpc) is 2.25. The van der Waals surface area contributed by atoms with Gasteiger partial charge in [-0.2, -0.15) is 26.3 Å². The summed E-state index contributed by atoms with van der Waals surface area (Å²) in [5, 5.41) is 0. The Labute approximate surface area is 107 Å². The summed E-state index contributed by atoms with van der Waals surface area (Å²) in [5.74, 6) is -1.98. The molecule has 0 bridgehead atoms. The van der Waals surface area contributed by atoms with Gasteiger partial charge in [-0.3, -0.25) is 4.79 Å². The zero-order valence-corrected chi connectivity index (χ0v) is 10.6. The maximum absolute atomic E-state index is 12.6. The molecular weight excluding hydrogens is 332 g/mol. The number of alkyl halides is 7. The van der Waals surface area contributed by atoms with Crippen LogP contribution in [0.3, 0.4) is 0 Å². The van der Waals surface area contributed by atoms with E-state index in [1.165, 1.54) is 0 Å². The average molecular weight is 342 g/mol. The van der Waals surface area contributed by atoms with Gasteiger partial charge in [0.15, 0.2) is 0 Å². The lowest BCUT2D eigenvalue weighted by molar-refractivity contribution is -0.258. The molecule has 0 aromatic carbocycles. The predicted molar refractivity (Wildman–Crippen MR) is 54.2 cm³/mol. The van der Waals surface area contributed by atoms with Gasteiger partial charge in [0.2, 0.25) is 0 Å². The normalized spacial score (nSPS) is 18.9. The van der Waals surface area contributed by atoms with E-state index in [0.29, 0.717) is 24.2 Å². The van der Waals surface area contributed by atoms with Crippen LogP contribution in [0.4, 0.5) is 26.3 Å². The van der Waals surface area contributed by atoms with Gasteiger partial charge in [-0.1, -0.05) is 15.9 Å². The van der Waals surface area contributed by atoms with Gasteiger partial charge in [-0.05, 0) is 19.3 Å². The van der Waals surface area contributed by atoms with Crippen LogP contribution >= 0.6 is 15.9 Å². The molecule has 0 aromatic heterocycles. The molecule has 18 heavy (non-hydrogen) atoms. The van der Waals surface area contributed by atoms with Crippen LogP contribution in [0.25, 0.3) is 0 Å². The molecule has 0 aliphatic carbocycles. The van der Waals surface area contributed by atoms with Crippen molar-refractivity contribution in [3.8, 4) is 0 Å². The van der Waals surface area contributed by atoms with E-state index in [1.54, 1.807) is 15.9 Å². The molecule has 0 unspecified atom stereocenters. The second-order valence-electron chi connectivity index (χ2n) is 4.01. The Balaban J connectivity index is 3.08. The highest BCUT2D eigenvalue weighted by Gasteiger charge is 2.75. The molecule has 0 N–H and O–H groups in total. The molecule has 0 saturated carbocycles. The van der Waals surface area contributed by atoms with E-state index in [-0.39, 0.29) is 13.1 Å². The van der Waals surface area contributed by atoms with E-state index in [2.05, 4.69) is 0 Å². The number of hydrogen-bond acceptors (Lipinski definition) is 1. The quantitative estimate of drug-likeness (QED) is 0.529. The summed E-state index contributed by atoms with van der Waals surface area (Å²) in [7, 11) is 0.